The molecule has 0 saturated carbocycles. The zero-order chi connectivity index (χ0) is 13.5. The lowest BCUT2D eigenvalue weighted by Gasteiger charge is -2.05. The second-order valence-electron chi connectivity index (χ2n) is 3.18. The van der Waals surface area contributed by atoms with Crippen molar-refractivity contribution >= 4 is 11.8 Å². The second kappa shape index (κ2) is 6.53. The zero-order valence-electron chi connectivity index (χ0n) is 10.4. The van der Waals surface area contributed by atoms with Crippen LogP contribution in [0.15, 0.2) is 6.07 Å². The van der Waals surface area contributed by atoms with E-state index in [1.54, 1.807) is 6.92 Å². The van der Waals surface area contributed by atoms with Gasteiger partial charge in [-0.1, -0.05) is 0 Å². The van der Waals surface area contributed by atoms with Crippen molar-refractivity contribution in [1.29, 1.82) is 0 Å². The average molecular weight is 254 g/mol. The van der Waals surface area contributed by atoms with E-state index in [-0.39, 0.29) is 24.2 Å². The summed E-state index contributed by atoms with van der Waals surface area (Å²) in [6, 6.07) is 1.43. The third-order valence-corrected chi connectivity index (χ3v) is 1.96. The van der Waals surface area contributed by atoms with Gasteiger partial charge in [-0.25, -0.2) is 0 Å². The van der Waals surface area contributed by atoms with Gasteiger partial charge in [-0.2, -0.15) is 9.97 Å². The molecule has 0 aromatic carbocycles. The van der Waals surface area contributed by atoms with Crippen LogP contribution in [0.5, 0.6) is 11.8 Å². The average Bonchev–Trinajstić information content (AvgIpc) is 2.38. The lowest BCUT2D eigenvalue weighted by atomic mass is 10.2. The van der Waals surface area contributed by atoms with Crippen molar-refractivity contribution in [3.8, 4) is 11.8 Å². The van der Waals surface area contributed by atoms with Crippen molar-refractivity contribution in [2.75, 3.05) is 20.8 Å². The molecule has 0 bridgehead atoms. The van der Waals surface area contributed by atoms with E-state index in [0.29, 0.717) is 0 Å². The van der Waals surface area contributed by atoms with Gasteiger partial charge in [-0.15, -0.1) is 0 Å². The van der Waals surface area contributed by atoms with Gasteiger partial charge in [0.2, 0.25) is 23.4 Å². The lowest BCUT2D eigenvalue weighted by Crippen LogP contribution is -2.14. The fourth-order valence-electron chi connectivity index (χ4n) is 1.16. The number of esters is 1. The predicted octanol–water partition coefficient (Wildman–Crippen LogP) is 0.630. The van der Waals surface area contributed by atoms with Crippen molar-refractivity contribution in [3.63, 3.8) is 0 Å². The molecule has 0 unspecified atom stereocenters. The highest BCUT2D eigenvalue weighted by atomic mass is 16.5. The maximum absolute atomic E-state index is 11.7. The highest BCUT2D eigenvalue weighted by Crippen LogP contribution is 2.15. The van der Waals surface area contributed by atoms with Gasteiger partial charge in [-0.3, -0.25) is 9.59 Å². The first-order valence-corrected chi connectivity index (χ1v) is 5.26. The molecule has 0 saturated heterocycles. The minimum absolute atomic E-state index is 0.140. The molecule has 0 N–H and O–H groups in total. The van der Waals surface area contributed by atoms with Gasteiger partial charge in [0.05, 0.1) is 26.9 Å². The second-order valence-corrected chi connectivity index (χ2v) is 3.18. The van der Waals surface area contributed by atoms with Gasteiger partial charge in [-0.05, 0) is 6.92 Å². The molecule has 0 amide bonds. The molecular weight excluding hydrogens is 240 g/mol. The third kappa shape index (κ3) is 3.69. The molecule has 0 aliphatic heterocycles. The van der Waals surface area contributed by atoms with Crippen molar-refractivity contribution < 1.29 is 23.8 Å². The lowest BCUT2D eigenvalue weighted by molar-refractivity contribution is -0.141. The summed E-state index contributed by atoms with van der Waals surface area (Å²) in [6.45, 7) is 1.88. The quantitative estimate of drug-likeness (QED) is 0.418. The Morgan fingerprint density at radius 3 is 2.17 bits per heavy atom. The predicted molar refractivity (Wildman–Crippen MR) is 60.7 cm³/mol. The normalized spacial score (nSPS) is 9.72. The number of carbonyl (C=O) groups is 2. The Hall–Kier alpha value is -2.18. The first kappa shape index (κ1) is 13.9. The minimum Gasteiger partial charge on any atom is -0.481 e. The zero-order valence-corrected chi connectivity index (χ0v) is 10.4. The molecule has 1 aromatic heterocycles. The van der Waals surface area contributed by atoms with Crippen molar-refractivity contribution in [3.05, 3.63) is 11.9 Å². The van der Waals surface area contributed by atoms with E-state index in [0.717, 1.165) is 0 Å². The minimum atomic E-state index is -0.618. The Morgan fingerprint density at radius 2 is 1.72 bits per heavy atom. The molecular formula is C11H14N2O5. The number of hydrogen-bond donors (Lipinski definition) is 0. The maximum Gasteiger partial charge on any atom is 0.313 e. The Labute approximate surface area is 104 Å². The molecule has 0 spiro atoms. The summed E-state index contributed by atoms with van der Waals surface area (Å²) in [6.07, 6.45) is -0.413. The van der Waals surface area contributed by atoms with E-state index in [2.05, 4.69) is 14.7 Å². The maximum atomic E-state index is 11.7. The van der Waals surface area contributed by atoms with Gasteiger partial charge >= 0.3 is 5.97 Å². The van der Waals surface area contributed by atoms with Crippen LogP contribution in [0.3, 0.4) is 0 Å². The summed E-state index contributed by atoms with van der Waals surface area (Å²) < 4.78 is 14.5. The Morgan fingerprint density at radius 1 is 1.17 bits per heavy atom. The van der Waals surface area contributed by atoms with Crippen molar-refractivity contribution in [1.82, 2.24) is 9.97 Å². The topological polar surface area (TPSA) is 87.6 Å². The van der Waals surface area contributed by atoms with Crippen LogP contribution in [0, 0.1) is 0 Å². The van der Waals surface area contributed by atoms with E-state index in [1.807, 2.05) is 0 Å². The SMILES string of the molecule is CCOC(=O)CC(=O)c1nc(OC)cc(OC)n1. The number of carbonyl (C=O) groups excluding carboxylic acids is 2. The van der Waals surface area contributed by atoms with Crippen LogP contribution < -0.4 is 9.47 Å². The van der Waals surface area contributed by atoms with Gasteiger partial charge in [0.1, 0.15) is 6.42 Å². The summed E-state index contributed by atoms with van der Waals surface area (Å²) in [5, 5.41) is 0. The van der Waals surface area contributed by atoms with Crippen molar-refractivity contribution in [2.45, 2.75) is 13.3 Å². The van der Waals surface area contributed by atoms with E-state index in [1.165, 1.54) is 20.3 Å². The summed E-state index contributed by atoms with van der Waals surface area (Å²) in [5.41, 5.74) is 0. The van der Waals surface area contributed by atoms with Crippen LogP contribution in [-0.4, -0.2) is 42.5 Å². The molecule has 7 nitrogen and oxygen atoms in total. The molecule has 0 fully saturated rings. The van der Waals surface area contributed by atoms with Gasteiger partial charge in [0.25, 0.3) is 0 Å². The van der Waals surface area contributed by atoms with Gasteiger partial charge in [0.15, 0.2) is 0 Å². The molecule has 1 rings (SSSR count). The molecule has 1 heterocycles. The monoisotopic (exact) mass is 254 g/mol. The molecule has 0 aliphatic rings. The molecule has 0 radical (unpaired) electrons. The standard InChI is InChI=1S/C11H14N2O5/c1-4-18-10(15)5-7(14)11-12-8(16-2)6-9(13-11)17-3/h6H,4-5H2,1-3H3. The molecule has 0 atom stereocenters. The van der Waals surface area contributed by atoms with Crippen LogP contribution >= 0.6 is 0 Å². The largest absolute Gasteiger partial charge is 0.481 e. The number of hydrogen-bond acceptors (Lipinski definition) is 7. The van der Waals surface area contributed by atoms with Gasteiger partial charge < -0.3 is 14.2 Å². The first-order valence-electron chi connectivity index (χ1n) is 5.26. The number of nitrogens with zero attached hydrogens (tertiary/aromatic N) is 2. The van der Waals surface area contributed by atoms with E-state index in [9.17, 15) is 9.59 Å². The molecule has 1 aromatic rings. The number of methoxy groups -OCH3 is 2. The number of ketones is 1. The van der Waals surface area contributed by atoms with E-state index >= 15 is 0 Å². The Kier molecular flexibility index (Phi) is 5.04. The van der Waals surface area contributed by atoms with Crippen LogP contribution in [0.2, 0.25) is 0 Å². The summed E-state index contributed by atoms with van der Waals surface area (Å²) in [5.74, 6) is -0.930. The number of aromatic nitrogens is 2. The molecule has 0 aliphatic carbocycles. The summed E-state index contributed by atoms with van der Waals surface area (Å²) in [4.78, 5) is 30.6. The van der Waals surface area contributed by atoms with Gasteiger partial charge in [0, 0.05) is 0 Å². The highest BCUT2D eigenvalue weighted by molar-refractivity contribution is 6.03. The highest BCUT2D eigenvalue weighted by Gasteiger charge is 2.17. The Bertz CT molecular complexity index is 425. The Balaban J connectivity index is 2.87. The van der Waals surface area contributed by atoms with E-state index < -0.39 is 18.2 Å². The number of rotatable bonds is 6. The first-order chi connectivity index (χ1) is 8.60. The van der Waals surface area contributed by atoms with E-state index in [4.69, 9.17) is 9.47 Å². The third-order valence-electron chi connectivity index (χ3n) is 1.96. The molecule has 18 heavy (non-hydrogen) atoms. The number of Topliss-reactive ketones (excluding diaryl/α,β-unsaturated/α-hetero) is 1. The van der Waals surface area contributed by atoms with Crippen LogP contribution in [0.1, 0.15) is 24.0 Å². The smallest absolute Gasteiger partial charge is 0.313 e. The van der Waals surface area contributed by atoms with Crippen LogP contribution in [-0.2, 0) is 9.53 Å². The molecule has 98 valence electrons. The fraction of sp³-hybridized carbons (Fsp3) is 0.455. The summed E-state index contributed by atoms with van der Waals surface area (Å²) in [7, 11) is 2.81. The van der Waals surface area contributed by atoms with Crippen LogP contribution in [0.25, 0.3) is 0 Å². The van der Waals surface area contributed by atoms with Crippen LogP contribution in [0.4, 0.5) is 0 Å². The van der Waals surface area contributed by atoms with Crippen molar-refractivity contribution in [2.24, 2.45) is 0 Å². The number of ether oxygens (including phenoxy) is 3. The molecule has 7 heteroatoms. The summed E-state index contributed by atoms with van der Waals surface area (Å²) >= 11 is 0. The fourth-order valence-corrected chi connectivity index (χ4v) is 1.16.